The van der Waals surface area contributed by atoms with Crippen molar-refractivity contribution >= 4 is 44.3 Å². The summed E-state index contributed by atoms with van der Waals surface area (Å²) in [5.74, 6) is 1.05. The third kappa shape index (κ3) is 5.84. The molecule has 0 saturated heterocycles. The predicted molar refractivity (Wildman–Crippen MR) is 173 cm³/mol. The van der Waals surface area contributed by atoms with E-state index >= 15 is 0 Å². The van der Waals surface area contributed by atoms with Crippen molar-refractivity contribution in [1.29, 1.82) is 0 Å². The molecule has 0 aliphatic carbocycles. The smallest absolute Gasteiger partial charge is 0.268 e. The number of nitrogens with one attached hydrogen (secondary N) is 1. The van der Waals surface area contributed by atoms with Gasteiger partial charge in [-0.3, -0.25) is 9.36 Å². The van der Waals surface area contributed by atoms with E-state index in [-0.39, 0.29) is 16.6 Å². The number of ether oxygens (including phenoxy) is 1. The number of benzene rings is 4. The van der Waals surface area contributed by atoms with E-state index in [1.807, 2.05) is 79.1 Å². The van der Waals surface area contributed by atoms with Gasteiger partial charge >= 0.3 is 0 Å². The first kappa shape index (κ1) is 29.2. The molecule has 0 bridgehead atoms. The Hall–Kier alpha value is -4.87. The molecule has 1 N–H and O–H groups in total. The normalized spacial score (nSPS) is 11.5. The highest BCUT2D eigenvalue weighted by Gasteiger charge is 2.25. The molecule has 222 valence electrons. The molecule has 0 fully saturated rings. The summed E-state index contributed by atoms with van der Waals surface area (Å²) in [6.45, 7) is 4.44. The van der Waals surface area contributed by atoms with Crippen LogP contribution in [0, 0.1) is 6.92 Å². The number of rotatable bonds is 10. The molecule has 0 aliphatic rings. The van der Waals surface area contributed by atoms with Crippen LogP contribution in [-0.2, 0) is 14.8 Å². The summed E-state index contributed by atoms with van der Waals surface area (Å²) in [7, 11) is -3.90. The minimum Gasteiger partial charge on any atom is -0.494 e. The minimum absolute atomic E-state index is 0.0905. The minimum atomic E-state index is -3.90. The molecule has 0 radical (unpaired) electrons. The fourth-order valence-electron chi connectivity index (χ4n) is 4.83. The number of carbonyl (C=O) groups excluding carboxylic acids is 1. The number of aromatic nitrogens is 4. The maximum absolute atomic E-state index is 13.8. The summed E-state index contributed by atoms with van der Waals surface area (Å²) in [6, 6.07) is 30.7. The van der Waals surface area contributed by atoms with Crippen LogP contribution >= 0.6 is 11.8 Å². The molecule has 1 amide bonds. The van der Waals surface area contributed by atoms with Gasteiger partial charge in [-0.05, 0) is 68.4 Å². The zero-order valence-corrected chi connectivity index (χ0v) is 25.7. The first-order valence-electron chi connectivity index (χ1n) is 13.9. The van der Waals surface area contributed by atoms with E-state index in [1.165, 1.54) is 15.7 Å². The number of fused-ring (bicyclic) bond motifs is 1. The molecule has 0 spiro atoms. The highest BCUT2D eigenvalue weighted by atomic mass is 32.2. The van der Waals surface area contributed by atoms with Gasteiger partial charge in [0, 0.05) is 28.5 Å². The third-order valence-corrected chi connectivity index (χ3v) is 9.54. The molecule has 0 unspecified atom stereocenters. The van der Waals surface area contributed by atoms with E-state index in [0.29, 0.717) is 45.5 Å². The van der Waals surface area contributed by atoms with Gasteiger partial charge in [-0.15, -0.1) is 10.2 Å². The first-order chi connectivity index (χ1) is 21.3. The zero-order chi connectivity index (χ0) is 30.7. The first-order valence-corrected chi connectivity index (χ1v) is 16.4. The average molecular weight is 624 g/mol. The summed E-state index contributed by atoms with van der Waals surface area (Å²) < 4.78 is 36.3. The Morgan fingerprint density at radius 2 is 1.59 bits per heavy atom. The fraction of sp³-hybridized carbons (Fsp3) is 0.121. The van der Waals surface area contributed by atoms with Gasteiger partial charge in [0.15, 0.2) is 11.0 Å². The molecular formula is C33H29N5O4S2. The van der Waals surface area contributed by atoms with Gasteiger partial charge in [-0.25, -0.2) is 12.4 Å². The molecule has 2 heterocycles. The number of anilines is 1. The molecule has 2 aromatic heterocycles. The molecular weight excluding hydrogens is 595 g/mol. The summed E-state index contributed by atoms with van der Waals surface area (Å²) in [4.78, 5) is 13.0. The van der Waals surface area contributed by atoms with Crippen molar-refractivity contribution in [3.8, 4) is 22.8 Å². The fourth-order valence-corrected chi connectivity index (χ4v) is 6.97. The van der Waals surface area contributed by atoms with Gasteiger partial charge in [-0.2, -0.15) is 0 Å². The number of carbonyl (C=O) groups is 1. The number of hydrogen-bond donors (Lipinski definition) is 1. The lowest BCUT2D eigenvalue weighted by Crippen LogP contribution is -2.14. The second-order valence-corrected chi connectivity index (χ2v) is 12.7. The van der Waals surface area contributed by atoms with Crippen molar-refractivity contribution in [1.82, 2.24) is 18.7 Å². The van der Waals surface area contributed by atoms with Crippen LogP contribution in [0.5, 0.6) is 5.75 Å². The van der Waals surface area contributed by atoms with Crippen molar-refractivity contribution in [2.75, 3.05) is 17.7 Å². The van der Waals surface area contributed by atoms with Crippen LogP contribution in [-0.4, -0.2) is 45.4 Å². The number of amides is 1. The van der Waals surface area contributed by atoms with Crippen LogP contribution in [0.1, 0.15) is 12.5 Å². The second-order valence-electron chi connectivity index (χ2n) is 9.95. The largest absolute Gasteiger partial charge is 0.494 e. The molecule has 11 heteroatoms. The van der Waals surface area contributed by atoms with Crippen molar-refractivity contribution in [2.24, 2.45) is 0 Å². The Labute approximate surface area is 259 Å². The van der Waals surface area contributed by atoms with Gasteiger partial charge in [-0.1, -0.05) is 65.9 Å². The lowest BCUT2D eigenvalue weighted by Gasteiger charge is -2.11. The van der Waals surface area contributed by atoms with E-state index in [2.05, 4.69) is 15.5 Å². The monoisotopic (exact) mass is 623 g/mol. The molecule has 0 saturated carbocycles. The Morgan fingerprint density at radius 1 is 0.886 bits per heavy atom. The topological polar surface area (TPSA) is 108 Å². The molecule has 4 aromatic carbocycles. The number of aryl methyl sites for hydroxylation is 1. The summed E-state index contributed by atoms with van der Waals surface area (Å²) in [5.41, 5.74) is 3.64. The Balaban J connectivity index is 1.42. The van der Waals surface area contributed by atoms with Crippen LogP contribution in [0.3, 0.4) is 0 Å². The maximum Gasteiger partial charge on any atom is 0.268 e. The summed E-state index contributed by atoms with van der Waals surface area (Å²) in [5, 5.41) is 13.1. The zero-order valence-electron chi connectivity index (χ0n) is 24.0. The van der Waals surface area contributed by atoms with Crippen molar-refractivity contribution < 1.29 is 17.9 Å². The van der Waals surface area contributed by atoms with Gasteiger partial charge in [0.25, 0.3) is 10.0 Å². The lowest BCUT2D eigenvalue weighted by molar-refractivity contribution is -0.113. The van der Waals surface area contributed by atoms with Crippen LogP contribution in [0.15, 0.2) is 119 Å². The van der Waals surface area contributed by atoms with Gasteiger partial charge < -0.3 is 10.1 Å². The Kier molecular flexibility index (Phi) is 8.23. The number of thioether (sulfide) groups is 1. The van der Waals surface area contributed by atoms with Crippen LogP contribution in [0.4, 0.5) is 5.69 Å². The standard InChI is InChI=1S/C33H29N5O4S2/c1-3-42-26-19-17-25(18-20-26)38-32(35-36-33(38)43-22-31(39)34-24-15-13-23(2)14-16-24)29-21-37(30-12-8-7-11-28(29)30)44(40,41)27-9-5-4-6-10-27/h4-21H,3,22H2,1-2H3,(H,34,39). The maximum atomic E-state index is 13.8. The van der Waals surface area contributed by atoms with Gasteiger partial charge in [0.05, 0.1) is 22.8 Å². The molecule has 0 aliphatic heterocycles. The van der Waals surface area contributed by atoms with Gasteiger partial charge in [0.1, 0.15) is 5.75 Å². The molecule has 0 atom stereocenters. The second kappa shape index (κ2) is 12.4. The number of hydrogen-bond acceptors (Lipinski definition) is 7. The summed E-state index contributed by atoms with van der Waals surface area (Å²) >= 11 is 1.24. The Morgan fingerprint density at radius 3 is 2.32 bits per heavy atom. The van der Waals surface area contributed by atoms with Crippen molar-refractivity contribution in [2.45, 2.75) is 23.9 Å². The number of para-hydroxylation sites is 1. The molecule has 6 aromatic rings. The van der Waals surface area contributed by atoms with E-state index in [4.69, 9.17) is 4.74 Å². The quantitative estimate of drug-likeness (QED) is 0.172. The van der Waals surface area contributed by atoms with E-state index in [0.717, 1.165) is 11.3 Å². The van der Waals surface area contributed by atoms with E-state index < -0.39 is 10.0 Å². The third-order valence-electron chi connectivity index (χ3n) is 6.93. The highest BCUT2D eigenvalue weighted by molar-refractivity contribution is 7.99. The lowest BCUT2D eigenvalue weighted by atomic mass is 10.1. The number of nitrogens with zero attached hydrogens (tertiary/aromatic N) is 4. The van der Waals surface area contributed by atoms with E-state index in [1.54, 1.807) is 48.7 Å². The predicted octanol–water partition coefficient (Wildman–Crippen LogP) is 6.56. The van der Waals surface area contributed by atoms with Crippen LogP contribution in [0.2, 0.25) is 0 Å². The Bertz CT molecular complexity index is 2040. The van der Waals surface area contributed by atoms with Crippen LogP contribution < -0.4 is 10.1 Å². The highest BCUT2D eigenvalue weighted by Crippen LogP contribution is 2.35. The molecule has 44 heavy (non-hydrogen) atoms. The van der Waals surface area contributed by atoms with Crippen molar-refractivity contribution in [3.05, 3.63) is 115 Å². The van der Waals surface area contributed by atoms with E-state index in [9.17, 15) is 13.2 Å². The van der Waals surface area contributed by atoms with Crippen molar-refractivity contribution in [3.63, 3.8) is 0 Å². The molecule has 6 rings (SSSR count). The molecule has 9 nitrogen and oxygen atoms in total. The van der Waals surface area contributed by atoms with Gasteiger partial charge in [0.2, 0.25) is 5.91 Å². The summed E-state index contributed by atoms with van der Waals surface area (Å²) in [6.07, 6.45) is 1.58. The average Bonchev–Trinajstić information content (AvgIpc) is 3.64. The SMILES string of the molecule is CCOc1ccc(-n2c(SCC(=O)Nc3ccc(C)cc3)nnc2-c2cn(S(=O)(=O)c3ccccc3)c3ccccc23)cc1. The van der Waals surface area contributed by atoms with Crippen LogP contribution in [0.25, 0.3) is 28.0 Å².